The van der Waals surface area contributed by atoms with E-state index in [4.69, 9.17) is 9.47 Å². The lowest BCUT2D eigenvalue weighted by Gasteiger charge is -2.27. The monoisotopic (exact) mass is 264 g/mol. The van der Waals surface area contributed by atoms with E-state index in [2.05, 4.69) is 16.3 Å². The summed E-state index contributed by atoms with van der Waals surface area (Å²) in [6.07, 6.45) is 1.02. The maximum absolute atomic E-state index is 5.49. The number of rotatable bonds is 6. The van der Waals surface area contributed by atoms with Crippen molar-refractivity contribution in [3.8, 4) is 5.75 Å². The number of methoxy groups -OCH3 is 2. The van der Waals surface area contributed by atoms with Crippen molar-refractivity contribution in [3.05, 3.63) is 29.3 Å². The zero-order valence-corrected chi connectivity index (χ0v) is 11.9. The molecule has 0 saturated carbocycles. The van der Waals surface area contributed by atoms with Crippen LogP contribution in [-0.4, -0.2) is 51.8 Å². The topological polar surface area (TPSA) is 33.7 Å². The second-order valence-corrected chi connectivity index (χ2v) is 4.87. The third-order valence-corrected chi connectivity index (χ3v) is 3.64. The predicted molar refractivity (Wildman–Crippen MR) is 76.7 cm³/mol. The summed E-state index contributed by atoms with van der Waals surface area (Å²) >= 11 is 0. The molecule has 0 aromatic heterocycles. The van der Waals surface area contributed by atoms with Gasteiger partial charge in [-0.1, -0.05) is 12.1 Å². The zero-order valence-electron chi connectivity index (χ0n) is 11.9. The second kappa shape index (κ2) is 7.48. The molecule has 1 aliphatic heterocycles. The summed E-state index contributed by atoms with van der Waals surface area (Å²) in [6.45, 7) is 6.18. The average Bonchev–Trinajstić information content (AvgIpc) is 2.47. The SMILES string of the molecule is COCc1cccc(OC)c1CCN1CCNCC1. The van der Waals surface area contributed by atoms with Crippen LogP contribution in [0.15, 0.2) is 18.2 Å². The van der Waals surface area contributed by atoms with Gasteiger partial charge in [0.15, 0.2) is 0 Å². The summed E-state index contributed by atoms with van der Waals surface area (Å²) in [6, 6.07) is 6.19. The Morgan fingerprint density at radius 1 is 1.21 bits per heavy atom. The summed E-state index contributed by atoms with van der Waals surface area (Å²) in [5.74, 6) is 0.977. The minimum atomic E-state index is 0.647. The van der Waals surface area contributed by atoms with Crippen molar-refractivity contribution in [3.63, 3.8) is 0 Å². The van der Waals surface area contributed by atoms with Gasteiger partial charge in [0.05, 0.1) is 13.7 Å². The molecule has 0 amide bonds. The summed E-state index contributed by atoms with van der Waals surface area (Å²) in [4.78, 5) is 2.50. The van der Waals surface area contributed by atoms with Crippen LogP contribution in [0.1, 0.15) is 11.1 Å². The molecule has 1 fully saturated rings. The van der Waals surface area contributed by atoms with Crippen LogP contribution in [0.3, 0.4) is 0 Å². The molecule has 0 unspecified atom stereocenters. The highest BCUT2D eigenvalue weighted by Gasteiger charge is 2.13. The molecule has 1 heterocycles. The molecule has 0 aliphatic carbocycles. The number of hydrogen-bond acceptors (Lipinski definition) is 4. The fraction of sp³-hybridized carbons (Fsp3) is 0.600. The van der Waals surface area contributed by atoms with Gasteiger partial charge in [0.2, 0.25) is 0 Å². The summed E-state index contributed by atoms with van der Waals surface area (Å²) < 4.78 is 10.8. The van der Waals surface area contributed by atoms with Crippen molar-refractivity contribution in [2.75, 3.05) is 46.9 Å². The van der Waals surface area contributed by atoms with Crippen molar-refractivity contribution in [2.24, 2.45) is 0 Å². The van der Waals surface area contributed by atoms with Crippen LogP contribution in [0, 0.1) is 0 Å². The van der Waals surface area contributed by atoms with E-state index in [1.165, 1.54) is 11.1 Å². The highest BCUT2D eigenvalue weighted by atomic mass is 16.5. The summed E-state index contributed by atoms with van der Waals surface area (Å²) in [7, 11) is 3.47. The Morgan fingerprint density at radius 2 is 2.00 bits per heavy atom. The van der Waals surface area contributed by atoms with Crippen LogP contribution < -0.4 is 10.1 Å². The molecule has 0 spiro atoms. The Balaban J connectivity index is 2.03. The second-order valence-electron chi connectivity index (χ2n) is 4.87. The number of benzene rings is 1. The molecule has 0 atom stereocenters. The lowest BCUT2D eigenvalue weighted by Crippen LogP contribution is -2.44. The number of piperazine rings is 1. The van der Waals surface area contributed by atoms with Crippen LogP contribution in [-0.2, 0) is 17.8 Å². The maximum atomic E-state index is 5.49. The molecule has 0 bridgehead atoms. The fourth-order valence-corrected chi connectivity index (χ4v) is 2.58. The molecule has 2 rings (SSSR count). The van der Waals surface area contributed by atoms with Gasteiger partial charge >= 0.3 is 0 Å². The minimum Gasteiger partial charge on any atom is -0.496 e. The van der Waals surface area contributed by atoms with Gasteiger partial charge in [-0.3, -0.25) is 0 Å². The number of nitrogens with zero attached hydrogens (tertiary/aromatic N) is 1. The van der Waals surface area contributed by atoms with Gasteiger partial charge in [0.1, 0.15) is 5.75 Å². The van der Waals surface area contributed by atoms with Crippen LogP contribution >= 0.6 is 0 Å². The molecule has 4 heteroatoms. The van der Waals surface area contributed by atoms with Crippen molar-refractivity contribution in [1.82, 2.24) is 10.2 Å². The van der Waals surface area contributed by atoms with Gasteiger partial charge < -0.3 is 19.7 Å². The first-order valence-corrected chi connectivity index (χ1v) is 6.92. The smallest absolute Gasteiger partial charge is 0.122 e. The first-order chi connectivity index (χ1) is 9.35. The first-order valence-electron chi connectivity index (χ1n) is 6.92. The molecule has 1 aromatic rings. The van der Waals surface area contributed by atoms with E-state index in [1.807, 2.05) is 12.1 Å². The van der Waals surface area contributed by atoms with Gasteiger partial charge in [-0.25, -0.2) is 0 Å². The van der Waals surface area contributed by atoms with Crippen molar-refractivity contribution in [2.45, 2.75) is 13.0 Å². The lowest BCUT2D eigenvalue weighted by atomic mass is 10.0. The first kappa shape index (κ1) is 14.3. The van der Waals surface area contributed by atoms with Gasteiger partial charge in [-0.05, 0) is 18.1 Å². The predicted octanol–water partition coefficient (Wildman–Crippen LogP) is 1.29. The van der Waals surface area contributed by atoms with E-state index in [1.54, 1.807) is 14.2 Å². The Kier molecular flexibility index (Phi) is 5.63. The van der Waals surface area contributed by atoms with Crippen molar-refractivity contribution < 1.29 is 9.47 Å². The summed E-state index contributed by atoms with van der Waals surface area (Å²) in [5, 5.41) is 3.38. The molecule has 0 radical (unpaired) electrons. The largest absolute Gasteiger partial charge is 0.496 e. The van der Waals surface area contributed by atoms with Crippen LogP contribution in [0.2, 0.25) is 0 Å². The van der Waals surface area contributed by atoms with Gasteiger partial charge in [-0.15, -0.1) is 0 Å². The normalized spacial score (nSPS) is 16.5. The highest BCUT2D eigenvalue weighted by molar-refractivity contribution is 5.40. The van der Waals surface area contributed by atoms with E-state index >= 15 is 0 Å². The van der Waals surface area contributed by atoms with Crippen LogP contribution in [0.4, 0.5) is 0 Å². The van der Waals surface area contributed by atoms with Gasteiger partial charge in [-0.2, -0.15) is 0 Å². The maximum Gasteiger partial charge on any atom is 0.122 e. The standard InChI is InChI=1S/C15H24N2O2/c1-18-12-13-4-3-5-15(19-2)14(13)6-9-17-10-7-16-8-11-17/h3-5,16H,6-12H2,1-2H3. The number of ether oxygens (including phenoxy) is 2. The van der Waals surface area contributed by atoms with E-state index < -0.39 is 0 Å². The lowest BCUT2D eigenvalue weighted by molar-refractivity contribution is 0.183. The van der Waals surface area contributed by atoms with Gasteiger partial charge in [0, 0.05) is 45.4 Å². The third kappa shape index (κ3) is 3.93. The molecule has 1 saturated heterocycles. The molecular weight excluding hydrogens is 240 g/mol. The van der Waals surface area contributed by atoms with Crippen molar-refractivity contribution >= 4 is 0 Å². The van der Waals surface area contributed by atoms with E-state index in [0.29, 0.717) is 6.61 Å². The van der Waals surface area contributed by atoms with E-state index in [-0.39, 0.29) is 0 Å². The van der Waals surface area contributed by atoms with Crippen LogP contribution in [0.5, 0.6) is 5.75 Å². The average molecular weight is 264 g/mol. The molecular formula is C15H24N2O2. The fourth-order valence-electron chi connectivity index (χ4n) is 2.58. The molecule has 1 aliphatic rings. The molecule has 1 aromatic carbocycles. The molecule has 1 N–H and O–H groups in total. The number of nitrogens with one attached hydrogen (secondary N) is 1. The van der Waals surface area contributed by atoms with E-state index in [0.717, 1.165) is 44.9 Å². The summed E-state index contributed by atoms with van der Waals surface area (Å²) in [5.41, 5.74) is 2.52. The Hall–Kier alpha value is -1.10. The Labute approximate surface area is 115 Å². The molecule has 4 nitrogen and oxygen atoms in total. The van der Waals surface area contributed by atoms with Gasteiger partial charge in [0.25, 0.3) is 0 Å². The minimum absolute atomic E-state index is 0.647. The highest BCUT2D eigenvalue weighted by Crippen LogP contribution is 2.23. The zero-order chi connectivity index (χ0) is 13.5. The molecule has 19 heavy (non-hydrogen) atoms. The van der Waals surface area contributed by atoms with Crippen LogP contribution in [0.25, 0.3) is 0 Å². The van der Waals surface area contributed by atoms with E-state index in [9.17, 15) is 0 Å². The Morgan fingerprint density at radius 3 is 2.68 bits per heavy atom. The number of hydrogen-bond donors (Lipinski definition) is 1. The quantitative estimate of drug-likeness (QED) is 0.839. The Bertz CT molecular complexity index is 390. The van der Waals surface area contributed by atoms with Crippen molar-refractivity contribution in [1.29, 1.82) is 0 Å². The molecule has 106 valence electrons. The third-order valence-electron chi connectivity index (χ3n) is 3.64.